The molecule has 2 N–H and O–H groups in total. The Labute approximate surface area is 163 Å². The molecule has 1 aliphatic rings. The van der Waals surface area contributed by atoms with E-state index in [4.69, 9.17) is 9.47 Å². The van der Waals surface area contributed by atoms with Crippen molar-refractivity contribution in [3.05, 3.63) is 29.8 Å². The lowest BCUT2D eigenvalue weighted by molar-refractivity contribution is -0.151. The number of rotatable bonds is 9. The highest BCUT2D eigenvalue weighted by molar-refractivity contribution is 6.08. The highest BCUT2D eigenvalue weighted by Crippen LogP contribution is 2.24. The number of esters is 1. The quantitative estimate of drug-likeness (QED) is 0.479. The molecule has 1 saturated heterocycles. The molecule has 9 heteroatoms. The van der Waals surface area contributed by atoms with Gasteiger partial charge in [-0.2, -0.15) is 0 Å². The van der Waals surface area contributed by atoms with Gasteiger partial charge in [0.15, 0.2) is 6.61 Å². The molecule has 28 heavy (non-hydrogen) atoms. The summed E-state index contributed by atoms with van der Waals surface area (Å²) < 4.78 is 10.1. The predicted molar refractivity (Wildman–Crippen MR) is 99.4 cm³/mol. The Morgan fingerprint density at radius 3 is 2.46 bits per heavy atom. The predicted octanol–water partition coefficient (Wildman–Crippen LogP) is 0.965. The van der Waals surface area contributed by atoms with Crippen LogP contribution < -0.4 is 15.4 Å². The number of ether oxygens (including phenoxy) is 2. The summed E-state index contributed by atoms with van der Waals surface area (Å²) in [5, 5.41) is 5.24. The van der Waals surface area contributed by atoms with Gasteiger partial charge in [-0.3, -0.25) is 19.3 Å². The SMILES string of the molecule is CCC1(CC)NC(=O)N(CC(=O)OCC(=O)NCc2ccccc2OC)C1=O. The molecule has 0 bridgehead atoms. The molecule has 0 unspecified atom stereocenters. The first-order chi connectivity index (χ1) is 13.4. The van der Waals surface area contributed by atoms with E-state index >= 15 is 0 Å². The van der Waals surface area contributed by atoms with Gasteiger partial charge in [-0.1, -0.05) is 32.0 Å². The van der Waals surface area contributed by atoms with E-state index in [1.165, 1.54) is 7.11 Å². The van der Waals surface area contributed by atoms with Crippen LogP contribution in [-0.2, 0) is 25.7 Å². The Kier molecular flexibility index (Phi) is 6.97. The third-order valence-corrected chi connectivity index (χ3v) is 4.77. The van der Waals surface area contributed by atoms with Gasteiger partial charge in [0.2, 0.25) is 0 Å². The molecule has 1 heterocycles. The summed E-state index contributed by atoms with van der Waals surface area (Å²) in [4.78, 5) is 49.1. The number of urea groups is 1. The number of carbonyl (C=O) groups is 4. The average Bonchev–Trinajstić information content (AvgIpc) is 2.95. The number of hydrogen-bond acceptors (Lipinski definition) is 6. The molecular formula is C19H25N3O6. The van der Waals surface area contributed by atoms with Crippen molar-refractivity contribution in [1.29, 1.82) is 0 Å². The number of para-hydroxylation sites is 1. The number of methoxy groups -OCH3 is 1. The molecule has 0 spiro atoms. The highest BCUT2D eigenvalue weighted by atomic mass is 16.5. The maximum absolute atomic E-state index is 12.4. The van der Waals surface area contributed by atoms with E-state index < -0.39 is 42.5 Å². The van der Waals surface area contributed by atoms with Crippen molar-refractivity contribution in [3.8, 4) is 5.75 Å². The number of imide groups is 1. The molecule has 0 radical (unpaired) electrons. The Morgan fingerprint density at radius 2 is 1.86 bits per heavy atom. The molecule has 152 valence electrons. The van der Waals surface area contributed by atoms with Gasteiger partial charge in [0.05, 0.1) is 7.11 Å². The summed E-state index contributed by atoms with van der Waals surface area (Å²) in [7, 11) is 1.53. The smallest absolute Gasteiger partial charge is 0.326 e. The van der Waals surface area contributed by atoms with Gasteiger partial charge in [0.25, 0.3) is 11.8 Å². The van der Waals surface area contributed by atoms with E-state index in [-0.39, 0.29) is 6.54 Å². The lowest BCUT2D eigenvalue weighted by Crippen LogP contribution is -2.46. The van der Waals surface area contributed by atoms with Crippen molar-refractivity contribution < 1.29 is 28.7 Å². The van der Waals surface area contributed by atoms with E-state index in [9.17, 15) is 19.2 Å². The summed E-state index contributed by atoms with van der Waals surface area (Å²) >= 11 is 0. The summed E-state index contributed by atoms with van der Waals surface area (Å²) in [6.45, 7) is 2.74. The van der Waals surface area contributed by atoms with Crippen LogP contribution in [0.4, 0.5) is 4.79 Å². The van der Waals surface area contributed by atoms with Gasteiger partial charge >= 0.3 is 12.0 Å². The zero-order chi connectivity index (χ0) is 20.7. The number of nitrogens with zero attached hydrogens (tertiary/aromatic N) is 1. The third kappa shape index (κ3) is 4.59. The topological polar surface area (TPSA) is 114 Å². The summed E-state index contributed by atoms with van der Waals surface area (Å²) in [5.41, 5.74) is -0.205. The van der Waals surface area contributed by atoms with Crippen molar-refractivity contribution in [2.75, 3.05) is 20.3 Å². The van der Waals surface area contributed by atoms with Gasteiger partial charge in [-0.05, 0) is 18.9 Å². The average molecular weight is 391 g/mol. The standard InChI is InChI=1S/C19H25N3O6/c1-4-19(5-2)17(25)22(18(26)21-19)11-16(24)28-12-15(23)20-10-13-8-6-7-9-14(13)27-3/h6-9H,4-5,10-12H2,1-3H3,(H,20,23)(H,21,26). The Morgan fingerprint density at radius 1 is 1.18 bits per heavy atom. The molecule has 0 atom stereocenters. The van der Waals surface area contributed by atoms with Crippen LogP contribution in [0, 0.1) is 0 Å². The molecule has 1 aliphatic heterocycles. The van der Waals surface area contributed by atoms with Crippen molar-refractivity contribution in [3.63, 3.8) is 0 Å². The number of carbonyl (C=O) groups excluding carboxylic acids is 4. The van der Waals surface area contributed by atoms with E-state index in [1.54, 1.807) is 26.0 Å². The number of nitrogens with one attached hydrogen (secondary N) is 2. The lowest BCUT2D eigenvalue weighted by atomic mass is 9.93. The first kappa shape index (κ1) is 21.2. The summed E-state index contributed by atoms with van der Waals surface area (Å²) in [5.74, 6) is -1.17. The zero-order valence-electron chi connectivity index (χ0n) is 16.2. The van der Waals surface area contributed by atoms with Crippen LogP contribution in [-0.4, -0.2) is 54.5 Å². The highest BCUT2D eigenvalue weighted by Gasteiger charge is 2.49. The van der Waals surface area contributed by atoms with Gasteiger partial charge in [-0.25, -0.2) is 4.79 Å². The molecule has 1 aromatic rings. The second-order valence-corrected chi connectivity index (χ2v) is 6.36. The largest absolute Gasteiger partial charge is 0.496 e. The van der Waals surface area contributed by atoms with Crippen LogP contribution in [0.5, 0.6) is 5.75 Å². The van der Waals surface area contributed by atoms with Crippen LogP contribution in [0.25, 0.3) is 0 Å². The van der Waals surface area contributed by atoms with E-state index in [0.29, 0.717) is 18.6 Å². The number of hydrogen-bond donors (Lipinski definition) is 2. The maximum Gasteiger partial charge on any atom is 0.326 e. The van der Waals surface area contributed by atoms with E-state index in [2.05, 4.69) is 10.6 Å². The molecule has 4 amide bonds. The minimum Gasteiger partial charge on any atom is -0.496 e. The molecule has 0 saturated carbocycles. The zero-order valence-corrected chi connectivity index (χ0v) is 16.2. The van der Waals surface area contributed by atoms with E-state index in [0.717, 1.165) is 10.5 Å². The fourth-order valence-electron chi connectivity index (χ4n) is 2.96. The van der Waals surface area contributed by atoms with Crippen molar-refractivity contribution >= 4 is 23.8 Å². The molecule has 9 nitrogen and oxygen atoms in total. The Bertz CT molecular complexity index is 760. The van der Waals surface area contributed by atoms with Crippen molar-refractivity contribution in [1.82, 2.24) is 15.5 Å². The second kappa shape index (κ2) is 9.20. The molecular weight excluding hydrogens is 366 g/mol. The van der Waals surface area contributed by atoms with Crippen LogP contribution in [0.2, 0.25) is 0 Å². The Balaban J connectivity index is 1.81. The molecule has 0 aromatic heterocycles. The van der Waals surface area contributed by atoms with Crippen LogP contribution in [0.3, 0.4) is 0 Å². The van der Waals surface area contributed by atoms with Crippen LogP contribution in [0.15, 0.2) is 24.3 Å². The van der Waals surface area contributed by atoms with Gasteiger partial charge in [0, 0.05) is 12.1 Å². The fourth-order valence-corrected chi connectivity index (χ4v) is 2.96. The minimum absolute atomic E-state index is 0.211. The maximum atomic E-state index is 12.4. The van der Waals surface area contributed by atoms with Crippen molar-refractivity contribution in [2.45, 2.75) is 38.8 Å². The third-order valence-electron chi connectivity index (χ3n) is 4.77. The minimum atomic E-state index is -0.983. The molecule has 1 aromatic carbocycles. The van der Waals surface area contributed by atoms with E-state index in [1.807, 2.05) is 12.1 Å². The number of benzene rings is 1. The second-order valence-electron chi connectivity index (χ2n) is 6.36. The fraction of sp³-hybridized carbons (Fsp3) is 0.474. The first-order valence-corrected chi connectivity index (χ1v) is 9.05. The van der Waals surface area contributed by atoms with Gasteiger partial charge in [0.1, 0.15) is 17.8 Å². The van der Waals surface area contributed by atoms with Crippen LogP contribution in [0.1, 0.15) is 32.3 Å². The van der Waals surface area contributed by atoms with Crippen LogP contribution >= 0.6 is 0 Å². The summed E-state index contributed by atoms with van der Waals surface area (Å²) in [6, 6.07) is 6.57. The van der Waals surface area contributed by atoms with Crippen molar-refractivity contribution in [2.24, 2.45) is 0 Å². The molecule has 1 fully saturated rings. The molecule has 2 rings (SSSR count). The number of amides is 4. The van der Waals surface area contributed by atoms with Gasteiger partial charge < -0.3 is 20.1 Å². The summed E-state index contributed by atoms with van der Waals surface area (Å²) in [6.07, 6.45) is 0.843. The lowest BCUT2D eigenvalue weighted by Gasteiger charge is -2.22. The molecule has 0 aliphatic carbocycles. The first-order valence-electron chi connectivity index (χ1n) is 9.05. The monoisotopic (exact) mass is 391 g/mol. The van der Waals surface area contributed by atoms with Gasteiger partial charge in [-0.15, -0.1) is 0 Å². The normalized spacial score (nSPS) is 15.2. The Hall–Kier alpha value is -3.10.